The molecule has 1 fully saturated rings. The fourth-order valence-corrected chi connectivity index (χ4v) is 2.75. The van der Waals surface area contributed by atoms with Crippen molar-refractivity contribution < 1.29 is 4.79 Å². The molecule has 0 aromatic heterocycles. The van der Waals surface area contributed by atoms with Gasteiger partial charge in [-0.1, -0.05) is 28.8 Å². The van der Waals surface area contributed by atoms with Gasteiger partial charge < -0.3 is 10.6 Å². The molecular weight excluding hydrogens is 316 g/mol. The third-order valence-corrected chi connectivity index (χ3v) is 3.93. The van der Waals surface area contributed by atoms with E-state index in [2.05, 4.69) is 15.9 Å². The van der Waals surface area contributed by atoms with E-state index in [4.69, 9.17) is 5.73 Å². The first-order chi connectivity index (χ1) is 8.09. The Morgan fingerprint density at radius 1 is 1.39 bits per heavy atom. The number of nitrogen functional groups attached to an aromatic ring is 1. The van der Waals surface area contributed by atoms with Gasteiger partial charge >= 0.3 is 0 Å². The van der Waals surface area contributed by atoms with Crippen LogP contribution in [-0.4, -0.2) is 23.9 Å². The molecule has 1 aromatic carbocycles. The maximum absolute atomic E-state index is 12.3. The third kappa shape index (κ3) is 3.18. The Kier molecular flexibility index (Phi) is 5.47. The topological polar surface area (TPSA) is 46.3 Å². The van der Waals surface area contributed by atoms with Crippen LogP contribution < -0.4 is 5.73 Å². The maximum atomic E-state index is 12.3. The zero-order chi connectivity index (χ0) is 12.4. The largest absolute Gasteiger partial charge is 0.398 e. The third-order valence-electron chi connectivity index (χ3n) is 3.44. The minimum absolute atomic E-state index is 0. The van der Waals surface area contributed by atoms with Crippen LogP contribution in [0.2, 0.25) is 0 Å². The molecule has 100 valence electrons. The number of rotatable bonds is 2. The summed E-state index contributed by atoms with van der Waals surface area (Å²) in [6.45, 7) is 0. The normalized spacial score (nSPS) is 15.2. The summed E-state index contributed by atoms with van der Waals surface area (Å²) in [7, 11) is 1.87. The van der Waals surface area contributed by atoms with Crippen molar-refractivity contribution >= 4 is 39.9 Å². The molecule has 0 radical (unpaired) electrons. The number of amides is 1. The van der Waals surface area contributed by atoms with Crippen LogP contribution in [0.15, 0.2) is 22.7 Å². The van der Waals surface area contributed by atoms with Gasteiger partial charge in [0.2, 0.25) is 0 Å². The summed E-state index contributed by atoms with van der Waals surface area (Å²) in [5.74, 6) is 0.0295. The maximum Gasteiger partial charge on any atom is 0.255 e. The molecule has 0 bridgehead atoms. The van der Waals surface area contributed by atoms with Gasteiger partial charge in [-0.15, -0.1) is 12.4 Å². The second-order valence-electron chi connectivity index (χ2n) is 4.59. The van der Waals surface area contributed by atoms with Gasteiger partial charge in [0.05, 0.1) is 5.56 Å². The Hall–Kier alpha value is -0.740. The first kappa shape index (κ1) is 15.3. The van der Waals surface area contributed by atoms with Crippen LogP contribution in [-0.2, 0) is 0 Å². The van der Waals surface area contributed by atoms with Crippen molar-refractivity contribution in [2.24, 2.45) is 0 Å². The monoisotopic (exact) mass is 332 g/mol. The van der Waals surface area contributed by atoms with Crippen molar-refractivity contribution in [1.29, 1.82) is 0 Å². The van der Waals surface area contributed by atoms with Crippen LogP contribution in [0.5, 0.6) is 0 Å². The van der Waals surface area contributed by atoms with Crippen molar-refractivity contribution in [2.45, 2.75) is 31.7 Å². The quantitative estimate of drug-likeness (QED) is 0.842. The lowest BCUT2D eigenvalue weighted by molar-refractivity contribution is 0.0736. The number of nitrogens with two attached hydrogens (primary N) is 1. The Morgan fingerprint density at radius 3 is 2.56 bits per heavy atom. The number of carbonyl (C=O) groups excluding carboxylic acids is 1. The molecule has 0 saturated heterocycles. The molecule has 0 atom stereocenters. The Morgan fingerprint density at radius 2 is 2.00 bits per heavy atom. The van der Waals surface area contributed by atoms with Gasteiger partial charge in [-0.3, -0.25) is 4.79 Å². The summed E-state index contributed by atoms with van der Waals surface area (Å²) in [6, 6.07) is 5.79. The van der Waals surface area contributed by atoms with Crippen LogP contribution in [0.4, 0.5) is 5.69 Å². The van der Waals surface area contributed by atoms with E-state index in [0.29, 0.717) is 17.3 Å². The Bertz CT molecular complexity index is 433. The fourth-order valence-electron chi connectivity index (χ4n) is 2.38. The summed E-state index contributed by atoms with van der Waals surface area (Å²) in [5.41, 5.74) is 7.02. The number of benzene rings is 1. The summed E-state index contributed by atoms with van der Waals surface area (Å²) in [6.07, 6.45) is 4.66. The highest BCUT2D eigenvalue weighted by molar-refractivity contribution is 9.10. The van der Waals surface area contributed by atoms with Crippen LogP contribution in [0.1, 0.15) is 36.0 Å². The molecule has 3 nitrogen and oxygen atoms in total. The zero-order valence-corrected chi connectivity index (χ0v) is 12.8. The molecule has 2 rings (SSSR count). The van der Waals surface area contributed by atoms with Crippen LogP contribution in [0.25, 0.3) is 0 Å². The smallest absolute Gasteiger partial charge is 0.255 e. The highest BCUT2D eigenvalue weighted by atomic mass is 79.9. The highest BCUT2D eigenvalue weighted by Gasteiger charge is 2.25. The number of anilines is 1. The molecule has 1 amide bonds. The summed E-state index contributed by atoms with van der Waals surface area (Å²) >= 11 is 3.34. The average molecular weight is 334 g/mol. The second-order valence-corrected chi connectivity index (χ2v) is 5.50. The average Bonchev–Trinajstić information content (AvgIpc) is 2.80. The molecule has 0 heterocycles. The molecule has 1 saturated carbocycles. The van der Waals surface area contributed by atoms with Crippen molar-refractivity contribution in [3.8, 4) is 0 Å². The van der Waals surface area contributed by atoms with E-state index in [9.17, 15) is 4.79 Å². The summed E-state index contributed by atoms with van der Waals surface area (Å²) in [5, 5.41) is 0. The van der Waals surface area contributed by atoms with E-state index in [1.54, 1.807) is 12.1 Å². The van der Waals surface area contributed by atoms with Gasteiger partial charge in [-0.25, -0.2) is 0 Å². The fraction of sp³-hybridized carbons (Fsp3) is 0.462. The molecule has 0 spiro atoms. The van der Waals surface area contributed by atoms with Gasteiger partial charge in [0.25, 0.3) is 5.91 Å². The Balaban J connectivity index is 0.00000162. The molecule has 1 aliphatic carbocycles. The van der Waals surface area contributed by atoms with Gasteiger partial charge in [0.1, 0.15) is 0 Å². The van der Waals surface area contributed by atoms with Crippen LogP contribution in [0, 0.1) is 0 Å². The zero-order valence-electron chi connectivity index (χ0n) is 10.4. The summed E-state index contributed by atoms with van der Waals surface area (Å²) in [4.78, 5) is 14.1. The van der Waals surface area contributed by atoms with Crippen molar-refractivity contribution in [2.75, 3.05) is 12.8 Å². The van der Waals surface area contributed by atoms with Crippen LogP contribution in [0.3, 0.4) is 0 Å². The SMILES string of the molecule is CN(C(=O)c1ccc(Br)cc1N)C1CCCC1.Cl. The second kappa shape index (κ2) is 6.43. The lowest BCUT2D eigenvalue weighted by Gasteiger charge is -2.24. The minimum Gasteiger partial charge on any atom is -0.398 e. The minimum atomic E-state index is 0. The van der Waals surface area contributed by atoms with E-state index >= 15 is 0 Å². The first-order valence-corrected chi connectivity index (χ1v) is 6.71. The van der Waals surface area contributed by atoms with E-state index in [1.807, 2.05) is 18.0 Å². The van der Waals surface area contributed by atoms with Crippen molar-refractivity contribution in [3.63, 3.8) is 0 Å². The lowest BCUT2D eigenvalue weighted by Crippen LogP contribution is -2.35. The van der Waals surface area contributed by atoms with Gasteiger partial charge in [-0.05, 0) is 31.0 Å². The number of halogens is 2. The van der Waals surface area contributed by atoms with E-state index in [-0.39, 0.29) is 18.3 Å². The molecule has 1 aromatic rings. The molecule has 2 N–H and O–H groups in total. The molecule has 0 unspecified atom stereocenters. The van der Waals surface area contributed by atoms with E-state index in [0.717, 1.165) is 17.3 Å². The highest BCUT2D eigenvalue weighted by Crippen LogP contribution is 2.26. The predicted molar refractivity (Wildman–Crippen MR) is 80.2 cm³/mol. The predicted octanol–water partition coefficient (Wildman–Crippen LogP) is 3.47. The molecule has 5 heteroatoms. The van der Waals surface area contributed by atoms with E-state index in [1.165, 1.54) is 12.8 Å². The van der Waals surface area contributed by atoms with Gasteiger partial charge in [0, 0.05) is 23.2 Å². The number of nitrogens with zero attached hydrogens (tertiary/aromatic N) is 1. The number of carbonyl (C=O) groups is 1. The molecular formula is C13H18BrClN2O. The van der Waals surface area contributed by atoms with Crippen molar-refractivity contribution in [3.05, 3.63) is 28.2 Å². The molecule has 0 aliphatic heterocycles. The standard InChI is InChI=1S/C13H17BrN2O.ClH/c1-16(10-4-2-3-5-10)13(17)11-7-6-9(14)8-12(11)15;/h6-8,10H,2-5,15H2,1H3;1H. The number of hydrogen-bond donors (Lipinski definition) is 1. The first-order valence-electron chi connectivity index (χ1n) is 5.92. The number of hydrogen-bond acceptors (Lipinski definition) is 2. The molecule has 1 aliphatic rings. The van der Waals surface area contributed by atoms with E-state index < -0.39 is 0 Å². The van der Waals surface area contributed by atoms with Gasteiger partial charge in [-0.2, -0.15) is 0 Å². The lowest BCUT2D eigenvalue weighted by atomic mass is 10.1. The van der Waals surface area contributed by atoms with Crippen molar-refractivity contribution in [1.82, 2.24) is 4.90 Å². The molecule has 18 heavy (non-hydrogen) atoms. The Labute approximate surface area is 122 Å². The van der Waals surface area contributed by atoms with Gasteiger partial charge in [0.15, 0.2) is 0 Å². The van der Waals surface area contributed by atoms with Crippen LogP contribution >= 0.6 is 28.3 Å². The summed E-state index contributed by atoms with van der Waals surface area (Å²) < 4.78 is 0.898.